The summed E-state index contributed by atoms with van der Waals surface area (Å²) in [6.07, 6.45) is 3.88. The maximum atomic E-state index is 5.75. The molecule has 0 saturated heterocycles. The largest absolute Gasteiger partial charge is 0.421 e. The SMILES string of the molecule is CCCCCO[Si](C)[Si](C)C. The molecule has 0 rings (SSSR count). The van der Waals surface area contributed by atoms with Crippen LogP contribution < -0.4 is 0 Å². The molecule has 0 aromatic rings. The Balaban J connectivity index is 3.10. The maximum absolute atomic E-state index is 5.75. The Bertz CT molecular complexity index is 86.2. The van der Waals surface area contributed by atoms with Crippen molar-refractivity contribution in [1.82, 2.24) is 0 Å². The fourth-order valence-electron chi connectivity index (χ4n) is 0.722. The average Bonchev–Trinajstić information content (AvgIpc) is 1.97. The van der Waals surface area contributed by atoms with Crippen molar-refractivity contribution in [2.75, 3.05) is 6.61 Å². The third-order valence-electron chi connectivity index (χ3n) is 1.77. The van der Waals surface area contributed by atoms with Crippen LogP contribution in [-0.4, -0.2) is 23.5 Å². The molecule has 0 aliphatic heterocycles. The second-order valence-corrected chi connectivity index (χ2v) is 11.6. The normalized spacial score (nSPS) is 11.5. The van der Waals surface area contributed by atoms with E-state index in [0.29, 0.717) is 0 Å². The molecule has 0 aromatic carbocycles. The van der Waals surface area contributed by atoms with E-state index in [-0.39, 0.29) is 16.9 Å². The van der Waals surface area contributed by atoms with Crippen molar-refractivity contribution in [3.8, 4) is 0 Å². The van der Waals surface area contributed by atoms with E-state index in [1.54, 1.807) is 0 Å². The molecule has 0 spiro atoms. The van der Waals surface area contributed by atoms with Crippen molar-refractivity contribution in [1.29, 1.82) is 0 Å². The van der Waals surface area contributed by atoms with Gasteiger partial charge in [0.15, 0.2) is 8.56 Å². The van der Waals surface area contributed by atoms with E-state index < -0.39 is 0 Å². The smallest absolute Gasteiger partial charge is 0.190 e. The minimum atomic E-state index is -0.385. The lowest BCUT2D eigenvalue weighted by molar-refractivity contribution is 0.320. The summed E-state index contributed by atoms with van der Waals surface area (Å²) in [4.78, 5) is 0. The first-order valence-corrected chi connectivity index (χ1v) is 9.86. The molecule has 0 aromatic heterocycles. The Morgan fingerprint density at radius 2 is 1.73 bits per heavy atom. The van der Waals surface area contributed by atoms with Gasteiger partial charge in [0.05, 0.1) is 8.31 Å². The standard InChI is InChI=1S/C8H20OSi2/c1-5-6-7-8-9-11(4)10(2)3/h5-8H2,1-4H3. The van der Waals surface area contributed by atoms with Crippen molar-refractivity contribution in [2.45, 2.75) is 45.8 Å². The minimum absolute atomic E-state index is 0.120. The van der Waals surface area contributed by atoms with Crippen LogP contribution in [0.4, 0.5) is 0 Å². The van der Waals surface area contributed by atoms with Crippen LogP contribution in [0.25, 0.3) is 0 Å². The Kier molecular flexibility index (Phi) is 7.32. The van der Waals surface area contributed by atoms with Crippen LogP contribution in [-0.2, 0) is 4.43 Å². The van der Waals surface area contributed by atoms with E-state index in [2.05, 4.69) is 26.6 Å². The summed E-state index contributed by atoms with van der Waals surface area (Å²) in [6.45, 7) is 10.2. The highest BCUT2D eigenvalue weighted by Gasteiger charge is 2.11. The van der Waals surface area contributed by atoms with Crippen LogP contribution in [0, 0.1) is 0 Å². The lowest BCUT2D eigenvalue weighted by Gasteiger charge is -2.12. The van der Waals surface area contributed by atoms with E-state index in [4.69, 9.17) is 4.43 Å². The highest BCUT2D eigenvalue weighted by atomic mass is 29.2. The van der Waals surface area contributed by atoms with Gasteiger partial charge in [-0.2, -0.15) is 0 Å². The molecule has 0 aliphatic carbocycles. The second kappa shape index (κ2) is 7.07. The topological polar surface area (TPSA) is 9.23 Å². The van der Waals surface area contributed by atoms with Gasteiger partial charge < -0.3 is 4.43 Å². The molecule has 0 bridgehead atoms. The van der Waals surface area contributed by atoms with Crippen molar-refractivity contribution < 1.29 is 4.43 Å². The summed E-state index contributed by atoms with van der Waals surface area (Å²) >= 11 is 0. The molecule has 0 atom stereocenters. The number of hydrogen-bond donors (Lipinski definition) is 0. The van der Waals surface area contributed by atoms with E-state index in [9.17, 15) is 0 Å². The van der Waals surface area contributed by atoms with E-state index in [0.717, 1.165) is 6.61 Å². The minimum Gasteiger partial charge on any atom is -0.421 e. The summed E-state index contributed by atoms with van der Waals surface area (Å²) in [7, 11) is -0.505. The van der Waals surface area contributed by atoms with Crippen LogP contribution in [0.15, 0.2) is 0 Å². The van der Waals surface area contributed by atoms with Gasteiger partial charge in [0, 0.05) is 6.61 Å². The zero-order valence-corrected chi connectivity index (χ0v) is 10.2. The molecule has 3 heteroatoms. The number of unbranched alkanes of at least 4 members (excludes halogenated alkanes) is 2. The molecule has 0 amide bonds. The Labute approximate surface area is 74.3 Å². The van der Waals surface area contributed by atoms with Crippen LogP contribution in [0.1, 0.15) is 26.2 Å². The van der Waals surface area contributed by atoms with Gasteiger partial charge in [-0.05, 0) is 13.0 Å². The second-order valence-electron chi connectivity index (χ2n) is 3.11. The van der Waals surface area contributed by atoms with Crippen LogP contribution in [0.2, 0.25) is 19.6 Å². The van der Waals surface area contributed by atoms with Crippen LogP contribution >= 0.6 is 0 Å². The quantitative estimate of drug-likeness (QED) is 0.460. The number of rotatable bonds is 6. The Morgan fingerprint density at radius 3 is 2.18 bits per heavy atom. The van der Waals surface area contributed by atoms with Crippen molar-refractivity contribution >= 4 is 16.9 Å². The average molecular weight is 188 g/mol. The monoisotopic (exact) mass is 188 g/mol. The zero-order valence-electron chi connectivity index (χ0n) is 8.24. The van der Waals surface area contributed by atoms with Gasteiger partial charge in [0.1, 0.15) is 0 Å². The van der Waals surface area contributed by atoms with Gasteiger partial charge in [-0.3, -0.25) is 0 Å². The predicted octanol–water partition coefficient (Wildman–Crippen LogP) is 2.65. The summed E-state index contributed by atoms with van der Waals surface area (Å²) in [6, 6.07) is 0. The van der Waals surface area contributed by atoms with Gasteiger partial charge in [-0.15, -0.1) is 0 Å². The van der Waals surface area contributed by atoms with E-state index in [1.165, 1.54) is 19.3 Å². The predicted molar refractivity (Wildman–Crippen MR) is 54.6 cm³/mol. The molecule has 0 N–H and O–H groups in total. The first-order valence-electron chi connectivity index (χ1n) is 4.45. The first kappa shape index (κ1) is 11.4. The van der Waals surface area contributed by atoms with E-state index >= 15 is 0 Å². The molecule has 0 heterocycles. The molecule has 66 valence electrons. The van der Waals surface area contributed by atoms with Gasteiger partial charge in [-0.25, -0.2) is 0 Å². The molecular formula is C8H20OSi2. The fraction of sp³-hybridized carbons (Fsp3) is 1.00. The molecule has 11 heavy (non-hydrogen) atoms. The maximum Gasteiger partial charge on any atom is 0.190 e. The summed E-state index contributed by atoms with van der Waals surface area (Å²) < 4.78 is 5.75. The fourth-order valence-corrected chi connectivity index (χ4v) is 2.63. The van der Waals surface area contributed by atoms with Crippen LogP contribution in [0.3, 0.4) is 0 Å². The third-order valence-corrected chi connectivity index (χ3v) is 8.47. The molecule has 1 nitrogen and oxygen atoms in total. The molecule has 0 aliphatic rings. The lowest BCUT2D eigenvalue weighted by Crippen LogP contribution is -2.30. The third kappa shape index (κ3) is 6.78. The Hall–Kier alpha value is 0.394. The lowest BCUT2D eigenvalue weighted by atomic mass is 10.3. The van der Waals surface area contributed by atoms with Gasteiger partial charge >= 0.3 is 0 Å². The van der Waals surface area contributed by atoms with Crippen molar-refractivity contribution in [3.63, 3.8) is 0 Å². The van der Waals surface area contributed by atoms with Gasteiger partial charge in [-0.1, -0.05) is 32.9 Å². The zero-order chi connectivity index (χ0) is 8.69. The summed E-state index contributed by atoms with van der Waals surface area (Å²) in [5.74, 6) is 0. The summed E-state index contributed by atoms with van der Waals surface area (Å²) in [5.41, 5.74) is 0. The van der Waals surface area contributed by atoms with E-state index in [1.807, 2.05) is 0 Å². The molecular weight excluding hydrogens is 168 g/mol. The van der Waals surface area contributed by atoms with Gasteiger partial charge in [0.2, 0.25) is 0 Å². The highest BCUT2D eigenvalue weighted by Crippen LogP contribution is 1.98. The molecule has 2 radical (unpaired) electrons. The highest BCUT2D eigenvalue weighted by molar-refractivity contribution is 7.18. The van der Waals surface area contributed by atoms with Crippen LogP contribution in [0.5, 0.6) is 0 Å². The molecule has 0 saturated carbocycles. The van der Waals surface area contributed by atoms with Crippen molar-refractivity contribution in [2.24, 2.45) is 0 Å². The molecule has 0 fully saturated rings. The van der Waals surface area contributed by atoms with Crippen molar-refractivity contribution in [3.05, 3.63) is 0 Å². The first-order chi connectivity index (χ1) is 5.18. The van der Waals surface area contributed by atoms with Gasteiger partial charge in [0.25, 0.3) is 0 Å². The molecule has 0 unspecified atom stereocenters. The summed E-state index contributed by atoms with van der Waals surface area (Å²) in [5, 5.41) is 0. The number of hydrogen-bond acceptors (Lipinski definition) is 1. The Morgan fingerprint density at radius 1 is 1.09 bits per heavy atom.